The molecule has 1 saturated heterocycles. The summed E-state index contributed by atoms with van der Waals surface area (Å²) < 4.78 is 5.63. The third-order valence-corrected chi connectivity index (χ3v) is 4.75. The van der Waals surface area contributed by atoms with Gasteiger partial charge in [0.15, 0.2) is 5.69 Å². The van der Waals surface area contributed by atoms with E-state index < -0.39 is 12.1 Å². The van der Waals surface area contributed by atoms with Crippen molar-refractivity contribution in [2.45, 2.75) is 6.10 Å². The van der Waals surface area contributed by atoms with Gasteiger partial charge in [0.25, 0.3) is 0 Å². The highest BCUT2D eigenvalue weighted by Crippen LogP contribution is 2.21. The number of benzene rings is 2. The second kappa shape index (κ2) is 9.78. The quantitative estimate of drug-likeness (QED) is 0.625. The Morgan fingerprint density at radius 1 is 1.14 bits per heavy atom. The standard InChI is InChI=1S/C21H25N5O3/c1-23-16-2-6-18(7-3-16)26-12-10-25(11-13-26)14-19(27)15-29-20-8-4-17(5-9-20)24-21(22)28/h2-9,19,27H,10-15H2,(H3,22,24,28)/t19-/m0/s1. The average Bonchev–Trinajstić information content (AvgIpc) is 2.73. The number of rotatable bonds is 7. The minimum atomic E-state index is -0.616. The molecule has 2 aromatic carbocycles. The fraction of sp³-hybridized carbons (Fsp3) is 0.333. The lowest BCUT2D eigenvalue weighted by Crippen LogP contribution is -2.49. The Bertz CT molecular complexity index is 840. The molecule has 1 aliphatic rings. The summed E-state index contributed by atoms with van der Waals surface area (Å²) in [6.45, 7) is 11.2. The number of urea groups is 1. The molecule has 0 unspecified atom stereocenters. The maximum Gasteiger partial charge on any atom is 0.316 e. The van der Waals surface area contributed by atoms with E-state index in [0.717, 1.165) is 31.9 Å². The number of ether oxygens (including phenoxy) is 1. The summed E-state index contributed by atoms with van der Waals surface area (Å²) in [6.07, 6.45) is -0.595. The van der Waals surface area contributed by atoms with Crippen molar-refractivity contribution in [3.8, 4) is 5.75 Å². The fourth-order valence-electron chi connectivity index (χ4n) is 3.25. The monoisotopic (exact) mass is 395 g/mol. The summed E-state index contributed by atoms with van der Waals surface area (Å²) in [7, 11) is 0. The molecule has 1 aliphatic heterocycles. The maximum atomic E-state index is 10.8. The van der Waals surface area contributed by atoms with Crippen LogP contribution >= 0.6 is 0 Å². The van der Waals surface area contributed by atoms with Gasteiger partial charge in [-0.15, -0.1) is 0 Å². The smallest absolute Gasteiger partial charge is 0.316 e. The van der Waals surface area contributed by atoms with Crippen LogP contribution in [-0.4, -0.2) is 61.5 Å². The molecule has 0 spiro atoms. The molecule has 0 aromatic heterocycles. The second-order valence-corrected chi connectivity index (χ2v) is 6.89. The fourth-order valence-corrected chi connectivity index (χ4v) is 3.25. The average molecular weight is 395 g/mol. The molecule has 4 N–H and O–H groups in total. The number of amides is 2. The van der Waals surface area contributed by atoms with Gasteiger partial charge in [-0.3, -0.25) is 4.90 Å². The first kappa shape index (κ1) is 20.5. The Kier molecular flexibility index (Phi) is 6.89. The molecule has 1 fully saturated rings. The molecule has 1 heterocycles. The van der Waals surface area contributed by atoms with E-state index in [4.69, 9.17) is 17.0 Å². The molecule has 29 heavy (non-hydrogen) atoms. The summed E-state index contributed by atoms with van der Waals surface area (Å²) in [5, 5.41) is 12.8. The van der Waals surface area contributed by atoms with Gasteiger partial charge in [0.1, 0.15) is 18.5 Å². The van der Waals surface area contributed by atoms with Crippen LogP contribution in [0.1, 0.15) is 0 Å². The zero-order chi connectivity index (χ0) is 20.6. The van der Waals surface area contributed by atoms with Gasteiger partial charge in [-0.2, -0.15) is 0 Å². The number of nitrogens with zero attached hydrogens (tertiary/aromatic N) is 3. The van der Waals surface area contributed by atoms with E-state index in [2.05, 4.69) is 20.0 Å². The van der Waals surface area contributed by atoms with E-state index in [9.17, 15) is 9.90 Å². The molecule has 0 saturated carbocycles. The molecule has 1 atom stereocenters. The number of piperazine rings is 1. The van der Waals surface area contributed by atoms with Crippen LogP contribution in [0.15, 0.2) is 48.5 Å². The number of hydrogen-bond acceptors (Lipinski definition) is 5. The van der Waals surface area contributed by atoms with Crippen LogP contribution in [0.3, 0.4) is 0 Å². The number of β-amino-alcohol motifs (C(OH)–C–C–N with tert-alkyl or cyclic N) is 1. The van der Waals surface area contributed by atoms with Crippen LogP contribution in [0.25, 0.3) is 4.85 Å². The van der Waals surface area contributed by atoms with Crippen LogP contribution in [0.2, 0.25) is 0 Å². The Morgan fingerprint density at radius 2 is 1.79 bits per heavy atom. The lowest BCUT2D eigenvalue weighted by molar-refractivity contribution is 0.0663. The number of primary amides is 1. The molecule has 152 valence electrons. The molecule has 3 rings (SSSR count). The zero-order valence-corrected chi connectivity index (χ0v) is 16.1. The molecule has 0 aliphatic carbocycles. The van der Waals surface area contributed by atoms with Gasteiger partial charge >= 0.3 is 6.03 Å². The highest BCUT2D eigenvalue weighted by Gasteiger charge is 2.19. The van der Waals surface area contributed by atoms with Crippen LogP contribution in [-0.2, 0) is 0 Å². The Morgan fingerprint density at radius 3 is 2.38 bits per heavy atom. The molecule has 0 bridgehead atoms. The van der Waals surface area contributed by atoms with Crippen molar-refractivity contribution in [2.24, 2.45) is 5.73 Å². The van der Waals surface area contributed by atoms with E-state index in [0.29, 0.717) is 23.7 Å². The van der Waals surface area contributed by atoms with Gasteiger partial charge in [0.2, 0.25) is 0 Å². The number of nitrogens with one attached hydrogen (secondary N) is 1. The molecule has 2 amide bonds. The van der Waals surface area contributed by atoms with Crippen molar-refractivity contribution >= 4 is 23.1 Å². The molecule has 8 heteroatoms. The van der Waals surface area contributed by atoms with Crippen molar-refractivity contribution in [2.75, 3.05) is 49.5 Å². The summed E-state index contributed by atoms with van der Waals surface area (Å²) in [4.78, 5) is 18.7. The maximum absolute atomic E-state index is 10.8. The number of anilines is 2. The molecule has 2 aromatic rings. The lowest BCUT2D eigenvalue weighted by Gasteiger charge is -2.36. The SMILES string of the molecule is [C-]#[N+]c1ccc(N2CCN(C[C@H](O)COc3ccc(NC(N)=O)cc3)CC2)cc1. The van der Waals surface area contributed by atoms with Crippen LogP contribution in [0.5, 0.6) is 5.75 Å². The highest BCUT2D eigenvalue weighted by atomic mass is 16.5. The van der Waals surface area contributed by atoms with Gasteiger partial charge in [0, 0.05) is 44.1 Å². The topological polar surface area (TPSA) is 95.4 Å². The minimum absolute atomic E-state index is 0.195. The van der Waals surface area contributed by atoms with E-state index in [1.165, 1.54) is 0 Å². The third-order valence-electron chi connectivity index (χ3n) is 4.75. The summed E-state index contributed by atoms with van der Waals surface area (Å²) >= 11 is 0. The van der Waals surface area contributed by atoms with E-state index in [1.807, 2.05) is 24.3 Å². The number of carbonyl (C=O) groups excluding carboxylic acids is 1. The van der Waals surface area contributed by atoms with Crippen LogP contribution < -0.4 is 20.7 Å². The van der Waals surface area contributed by atoms with Gasteiger partial charge in [0.05, 0.1) is 6.57 Å². The molecule has 8 nitrogen and oxygen atoms in total. The number of aliphatic hydroxyl groups is 1. The Labute approximate surface area is 170 Å². The predicted octanol–water partition coefficient (Wildman–Crippen LogP) is 2.29. The predicted molar refractivity (Wildman–Crippen MR) is 113 cm³/mol. The minimum Gasteiger partial charge on any atom is -0.491 e. The van der Waals surface area contributed by atoms with E-state index in [-0.39, 0.29) is 6.61 Å². The van der Waals surface area contributed by atoms with Gasteiger partial charge in [-0.25, -0.2) is 9.64 Å². The van der Waals surface area contributed by atoms with Gasteiger partial charge < -0.3 is 25.8 Å². The van der Waals surface area contributed by atoms with Crippen molar-refractivity contribution in [3.63, 3.8) is 0 Å². The number of aliphatic hydroxyl groups excluding tert-OH is 1. The number of carbonyl (C=O) groups is 1. The second-order valence-electron chi connectivity index (χ2n) is 6.89. The summed E-state index contributed by atoms with van der Waals surface area (Å²) in [5.74, 6) is 0.617. The largest absolute Gasteiger partial charge is 0.491 e. The summed E-state index contributed by atoms with van der Waals surface area (Å²) in [5.41, 5.74) is 7.43. The van der Waals surface area contributed by atoms with Crippen molar-refractivity contribution in [1.29, 1.82) is 0 Å². The van der Waals surface area contributed by atoms with Gasteiger partial charge in [-0.1, -0.05) is 12.1 Å². The zero-order valence-electron chi connectivity index (χ0n) is 16.1. The van der Waals surface area contributed by atoms with Crippen LogP contribution in [0, 0.1) is 6.57 Å². The highest BCUT2D eigenvalue weighted by molar-refractivity contribution is 5.87. The molecular weight excluding hydrogens is 370 g/mol. The van der Waals surface area contributed by atoms with Crippen molar-refractivity contribution in [1.82, 2.24) is 4.90 Å². The van der Waals surface area contributed by atoms with Crippen molar-refractivity contribution in [3.05, 3.63) is 59.9 Å². The molecular formula is C21H25N5O3. The Balaban J connectivity index is 1.39. The van der Waals surface area contributed by atoms with Crippen molar-refractivity contribution < 1.29 is 14.6 Å². The normalized spacial score (nSPS) is 15.4. The first-order valence-electron chi connectivity index (χ1n) is 9.45. The van der Waals surface area contributed by atoms with E-state index in [1.54, 1.807) is 24.3 Å². The summed E-state index contributed by atoms with van der Waals surface area (Å²) in [6, 6.07) is 13.8. The first-order valence-corrected chi connectivity index (χ1v) is 9.45. The lowest BCUT2D eigenvalue weighted by atomic mass is 10.2. The van der Waals surface area contributed by atoms with Crippen LogP contribution in [0.4, 0.5) is 21.9 Å². The first-order chi connectivity index (χ1) is 14.0. The number of hydrogen-bond donors (Lipinski definition) is 3. The van der Waals surface area contributed by atoms with Gasteiger partial charge in [-0.05, 0) is 36.4 Å². The third kappa shape index (κ3) is 6.10. The number of nitrogens with two attached hydrogens (primary N) is 1. The molecule has 0 radical (unpaired) electrons. The Hall–Kier alpha value is -3.28. The van der Waals surface area contributed by atoms with E-state index >= 15 is 0 Å².